The largest absolute Gasteiger partial charge is 0.511 e. The first-order chi connectivity index (χ1) is 17.2. The zero-order chi connectivity index (χ0) is 25.9. The summed E-state index contributed by atoms with van der Waals surface area (Å²) in [5, 5.41) is 15.0. The van der Waals surface area contributed by atoms with Gasteiger partial charge in [0.2, 0.25) is 0 Å². The third-order valence-electron chi connectivity index (χ3n) is 6.81. The molecule has 1 aromatic heterocycles. The smallest absolute Gasteiger partial charge is 0.168 e. The normalized spacial score (nSPS) is 17.8. The lowest BCUT2D eigenvalue weighted by atomic mass is 9.75. The van der Waals surface area contributed by atoms with E-state index in [0.29, 0.717) is 91.3 Å². The zero-order valence-electron chi connectivity index (χ0n) is 21.5. The van der Waals surface area contributed by atoms with E-state index in [0.717, 1.165) is 12.0 Å². The molecule has 1 N–H and O–H groups in total. The van der Waals surface area contributed by atoms with E-state index < -0.39 is 0 Å². The molecule has 8 heteroatoms. The number of aliphatic hydroxyl groups is 1. The Morgan fingerprint density at radius 3 is 2.58 bits per heavy atom. The number of Topliss-reactive ketones (excluding diaryl/α,β-unsaturated/α-hetero) is 2. The number of allylic oxidation sites excluding steroid dienone is 2. The van der Waals surface area contributed by atoms with Crippen molar-refractivity contribution < 1.29 is 28.7 Å². The minimum Gasteiger partial charge on any atom is -0.511 e. The number of benzene rings is 1. The molecule has 4 rings (SSSR count). The van der Waals surface area contributed by atoms with Crippen LogP contribution in [0.1, 0.15) is 73.3 Å². The molecule has 2 aliphatic carbocycles. The van der Waals surface area contributed by atoms with Crippen molar-refractivity contribution in [1.29, 1.82) is 0 Å². The molecule has 0 aliphatic heterocycles. The molecule has 0 radical (unpaired) electrons. The predicted octanol–water partition coefficient (Wildman–Crippen LogP) is 5.03. The molecule has 2 aromatic rings. The molecule has 0 fully saturated rings. The number of ether oxygens (including phenoxy) is 2. The number of methoxy groups -OCH3 is 2. The number of fused-ring (bicyclic) bond motifs is 1. The van der Waals surface area contributed by atoms with Crippen LogP contribution in [0.2, 0.25) is 0 Å². The van der Waals surface area contributed by atoms with Gasteiger partial charge in [-0.15, -0.1) is 0 Å². The van der Waals surface area contributed by atoms with Crippen LogP contribution in [0.15, 0.2) is 39.0 Å². The van der Waals surface area contributed by atoms with E-state index >= 15 is 0 Å². The Bertz CT molecular complexity index is 1220. The van der Waals surface area contributed by atoms with Gasteiger partial charge in [-0.2, -0.15) is 0 Å². The maximum atomic E-state index is 13.1. The summed E-state index contributed by atoms with van der Waals surface area (Å²) in [5.74, 6) is 1.97. The molecule has 0 unspecified atom stereocenters. The molecule has 0 atom stereocenters. The fraction of sp³-hybridized carbons (Fsp3) is 0.500. The van der Waals surface area contributed by atoms with E-state index in [-0.39, 0.29) is 22.7 Å². The monoisotopic (exact) mass is 494 g/mol. The Hall–Kier alpha value is -3.42. The van der Waals surface area contributed by atoms with Crippen LogP contribution in [0, 0.1) is 5.41 Å². The molecule has 0 bridgehead atoms. The number of rotatable bonds is 9. The highest BCUT2D eigenvalue weighted by Gasteiger charge is 2.35. The average molecular weight is 495 g/mol. The highest BCUT2D eigenvalue weighted by molar-refractivity contribution is 6.23. The van der Waals surface area contributed by atoms with Crippen LogP contribution >= 0.6 is 0 Å². The van der Waals surface area contributed by atoms with Crippen molar-refractivity contribution in [2.45, 2.75) is 65.2 Å². The second-order valence-electron chi connectivity index (χ2n) is 10.2. The summed E-state index contributed by atoms with van der Waals surface area (Å²) >= 11 is 0. The van der Waals surface area contributed by atoms with Crippen molar-refractivity contribution in [2.24, 2.45) is 10.4 Å². The van der Waals surface area contributed by atoms with Gasteiger partial charge >= 0.3 is 0 Å². The van der Waals surface area contributed by atoms with Crippen molar-refractivity contribution in [1.82, 2.24) is 5.16 Å². The highest BCUT2D eigenvalue weighted by atomic mass is 16.5. The zero-order valence-corrected chi connectivity index (χ0v) is 21.5. The summed E-state index contributed by atoms with van der Waals surface area (Å²) in [7, 11) is 3.19. The number of ketones is 2. The molecule has 0 spiro atoms. The van der Waals surface area contributed by atoms with Crippen molar-refractivity contribution in [3.05, 3.63) is 52.1 Å². The van der Waals surface area contributed by atoms with Gasteiger partial charge in [0.15, 0.2) is 23.1 Å². The number of hydrogen-bond acceptors (Lipinski definition) is 8. The molecule has 8 nitrogen and oxygen atoms in total. The number of aliphatic hydroxyl groups excluding tert-OH is 1. The number of aryl methyl sites for hydroxylation is 2. The SMILES string of the molecule is COc1ccc(CCN=C(CCc2noc3c2C(=O)CCC3)C2=C(O)CC(C)(C)CC2=O)cc1OC. The average Bonchev–Trinajstić information content (AvgIpc) is 3.25. The van der Waals surface area contributed by atoms with E-state index in [4.69, 9.17) is 19.0 Å². The van der Waals surface area contributed by atoms with E-state index in [1.165, 1.54) is 0 Å². The summed E-state index contributed by atoms with van der Waals surface area (Å²) in [4.78, 5) is 30.3. The number of carbonyl (C=O) groups is 2. The predicted molar refractivity (Wildman–Crippen MR) is 135 cm³/mol. The molecular weight excluding hydrogens is 460 g/mol. The molecule has 2 aliphatic rings. The van der Waals surface area contributed by atoms with Gasteiger partial charge in [-0.05, 0) is 48.8 Å². The van der Waals surface area contributed by atoms with E-state index in [1.54, 1.807) is 14.2 Å². The lowest BCUT2D eigenvalue weighted by molar-refractivity contribution is -0.118. The van der Waals surface area contributed by atoms with Crippen molar-refractivity contribution in [2.75, 3.05) is 20.8 Å². The van der Waals surface area contributed by atoms with Gasteiger partial charge in [-0.3, -0.25) is 14.6 Å². The molecule has 1 aromatic carbocycles. The van der Waals surface area contributed by atoms with Crippen molar-refractivity contribution in [3.8, 4) is 11.5 Å². The van der Waals surface area contributed by atoms with Crippen LogP contribution < -0.4 is 9.47 Å². The van der Waals surface area contributed by atoms with Gasteiger partial charge in [0.05, 0.1) is 31.1 Å². The van der Waals surface area contributed by atoms with Crippen LogP contribution in [0.5, 0.6) is 11.5 Å². The topological polar surface area (TPSA) is 111 Å². The minimum absolute atomic E-state index is 0.0528. The van der Waals surface area contributed by atoms with Crippen LogP contribution in [-0.4, -0.2) is 48.3 Å². The maximum absolute atomic E-state index is 13.1. The fourth-order valence-electron chi connectivity index (χ4n) is 5.05. The van der Waals surface area contributed by atoms with E-state index in [2.05, 4.69) is 5.16 Å². The lowest BCUT2D eigenvalue weighted by Gasteiger charge is -2.30. The second-order valence-corrected chi connectivity index (χ2v) is 10.2. The molecule has 0 amide bonds. The van der Waals surface area contributed by atoms with Crippen LogP contribution in [0.25, 0.3) is 0 Å². The van der Waals surface area contributed by atoms with Gasteiger partial charge in [0.25, 0.3) is 0 Å². The number of hydrogen-bond donors (Lipinski definition) is 1. The van der Waals surface area contributed by atoms with Gasteiger partial charge in [-0.25, -0.2) is 0 Å². The number of carbonyl (C=O) groups excluding carboxylic acids is 2. The number of nitrogens with zero attached hydrogens (tertiary/aromatic N) is 2. The Morgan fingerprint density at radius 2 is 1.86 bits per heavy atom. The molecule has 0 saturated carbocycles. The fourth-order valence-corrected chi connectivity index (χ4v) is 5.05. The Labute approximate surface area is 211 Å². The first-order valence-corrected chi connectivity index (χ1v) is 12.4. The minimum atomic E-state index is -0.299. The summed E-state index contributed by atoms with van der Waals surface area (Å²) in [6.07, 6.45) is 4.15. The van der Waals surface area contributed by atoms with Crippen LogP contribution in [0.3, 0.4) is 0 Å². The van der Waals surface area contributed by atoms with Gasteiger partial charge in [0.1, 0.15) is 11.5 Å². The molecule has 0 saturated heterocycles. The first-order valence-electron chi connectivity index (χ1n) is 12.4. The Balaban J connectivity index is 1.58. The molecule has 36 heavy (non-hydrogen) atoms. The highest BCUT2D eigenvalue weighted by Crippen LogP contribution is 2.37. The molecule has 192 valence electrons. The first kappa shape index (κ1) is 25.7. The van der Waals surface area contributed by atoms with Gasteiger partial charge in [0, 0.05) is 37.9 Å². The third kappa shape index (κ3) is 5.53. The lowest BCUT2D eigenvalue weighted by Crippen LogP contribution is -2.29. The van der Waals surface area contributed by atoms with Gasteiger partial charge in [-0.1, -0.05) is 25.1 Å². The maximum Gasteiger partial charge on any atom is 0.168 e. The Morgan fingerprint density at radius 1 is 1.08 bits per heavy atom. The van der Waals surface area contributed by atoms with E-state index in [1.807, 2.05) is 32.0 Å². The van der Waals surface area contributed by atoms with Crippen LogP contribution in [0.4, 0.5) is 0 Å². The van der Waals surface area contributed by atoms with Crippen LogP contribution in [-0.2, 0) is 24.1 Å². The standard InChI is InChI=1S/C28H34N2O6/c1-28(2)15-21(32)26(22(33)16-28)18(9-10-19-27-20(31)6-5-7-24(27)36-30-19)29-13-12-17-8-11-23(34-3)25(14-17)35-4/h8,11,14,32H,5-7,9-10,12-13,15-16H2,1-4H3. The summed E-state index contributed by atoms with van der Waals surface area (Å²) < 4.78 is 16.1. The van der Waals surface area contributed by atoms with Gasteiger partial charge < -0.3 is 19.1 Å². The quantitative estimate of drug-likeness (QED) is 0.487. The summed E-state index contributed by atoms with van der Waals surface area (Å²) in [6.45, 7) is 4.37. The molecule has 1 heterocycles. The summed E-state index contributed by atoms with van der Waals surface area (Å²) in [5.41, 5.74) is 2.76. The second kappa shape index (κ2) is 10.7. The third-order valence-corrected chi connectivity index (χ3v) is 6.81. The van der Waals surface area contributed by atoms with Crippen molar-refractivity contribution in [3.63, 3.8) is 0 Å². The van der Waals surface area contributed by atoms with Crippen molar-refractivity contribution >= 4 is 17.3 Å². The summed E-state index contributed by atoms with van der Waals surface area (Å²) in [6, 6.07) is 5.71. The van der Waals surface area contributed by atoms with E-state index in [9.17, 15) is 14.7 Å². The Kier molecular flexibility index (Phi) is 7.62. The number of aromatic nitrogens is 1. The number of aliphatic imine (C=N–C) groups is 1. The molecular formula is C28H34N2O6.